The average molecular weight is 237 g/mol. The van der Waals surface area contributed by atoms with Crippen molar-refractivity contribution in [2.45, 2.75) is 38.5 Å². The lowest BCUT2D eigenvalue weighted by Crippen LogP contribution is -2.55. The second-order valence-electron chi connectivity index (χ2n) is 4.03. The zero-order valence-corrected chi connectivity index (χ0v) is 9.75. The van der Waals surface area contributed by atoms with Crippen LogP contribution in [0.15, 0.2) is 0 Å². The number of nitrogens with two attached hydrogens (primary N) is 1. The topological polar surface area (TPSA) is 53.0 Å². The van der Waals surface area contributed by atoms with Gasteiger partial charge in [0.2, 0.25) is 0 Å². The fraction of sp³-hybridized carbons (Fsp3) is 0.900. The van der Waals surface area contributed by atoms with E-state index in [0.717, 1.165) is 4.90 Å². The van der Waals surface area contributed by atoms with Gasteiger partial charge >= 0.3 is 6.18 Å². The number of halogens is 3. The summed E-state index contributed by atoms with van der Waals surface area (Å²) in [4.78, 5) is 1.11. The third kappa shape index (κ3) is 4.37. The molecular weight excluding hydrogens is 219 g/mol. The van der Waals surface area contributed by atoms with Gasteiger partial charge in [0.1, 0.15) is 6.04 Å². The van der Waals surface area contributed by atoms with E-state index in [9.17, 15) is 13.2 Å². The van der Waals surface area contributed by atoms with Gasteiger partial charge in [0.05, 0.1) is 12.0 Å². The molecule has 2 N–H and O–H groups in total. The molecule has 3 unspecified atom stereocenters. The Morgan fingerprint density at radius 1 is 1.44 bits per heavy atom. The molecule has 3 atom stereocenters. The van der Waals surface area contributed by atoms with Gasteiger partial charge in [-0.3, -0.25) is 4.90 Å². The fourth-order valence-corrected chi connectivity index (χ4v) is 1.63. The van der Waals surface area contributed by atoms with Crippen LogP contribution in [0.4, 0.5) is 13.2 Å². The van der Waals surface area contributed by atoms with E-state index in [1.54, 1.807) is 13.8 Å². The highest BCUT2D eigenvalue weighted by atomic mass is 19.4. The van der Waals surface area contributed by atoms with Crippen LogP contribution in [0.5, 0.6) is 0 Å². The van der Waals surface area contributed by atoms with Crippen LogP contribution in [0.25, 0.3) is 0 Å². The third-order valence-corrected chi connectivity index (χ3v) is 2.47. The Bertz CT molecular complexity index is 247. The van der Waals surface area contributed by atoms with Crippen molar-refractivity contribution in [3.8, 4) is 6.07 Å². The Kier molecular flexibility index (Phi) is 5.76. The van der Waals surface area contributed by atoms with Crippen molar-refractivity contribution in [3.05, 3.63) is 0 Å². The van der Waals surface area contributed by atoms with Gasteiger partial charge in [-0.05, 0) is 20.4 Å². The maximum atomic E-state index is 12.8. The van der Waals surface area contributed by atoms with Gasteiger partial charge < -0.3 is 5.73 Å². The minimum absolute atomic E-state index is 0.0639. The van der Waals surface area contributed by atoms with Gasteiger partial charge in [-0.2, -0.15) is 18.4 Å². The molecule has 16 heavy (non-hydrogen) atoms. The predicted molar refractivity (Wildman–Crippen MR) is 55.5 cm³/mol. The highest BCUT2D eigenvalue weighted by Gasteiger charge is 2.45. The summed E-state index contributed by atoms with van der Waals surface area (Å²) < 4.78 is 38.3. The van der Waals surface area contributed by atoms with Crippen LogP contribution in [0, 0.1) is 17.2 Å². The normalized spacial score (nSPS) is 17.9. The van der Waals surface area contributed by atoms with E-state index < -0.39 is 24.2 Å². The molecule has 0 aromatic heterocycles. The Balaban J connectivity index is 4.72. The number of likely N-dealkylation sites (N-methyl/N-ethyl adjacent to an activating group) is 1. The van der Waals surface area contributed by atoms with Gasteiger partial charge in [-0.15, -0.1) is 0 Å². The fourth-order valence-electron chi connectivity index (χ4n) is 1.63. The number of nitrogens with zero attached hydrogens (tertiary/aromatic N) is 2. The smallest absolute Gasteiger partial charge is 0.326 e. The second kappa shape index (κ2) is 6.06. The van der Waals surface area contributed by atoms with Crippen LogP contribution in [0.1, 0.15) is 20.3 Å². The largest absolute Gasteiger partial charge is 0.405 e. The molecule has 0 aliphatic carbocycles. The average Bonchev–Trinajstić information content (AvgIpc) is 2.15. The van der Waals surface area contributed by atoms with Crippen LogP contribution in [0.3, 0.4) is 0 Å². The summed E-state index contributed by atoms with van der Waals surface area (Å²) >= 11 is 0. The van der Waals surface area contributed by atoms with Gasteiger partial charge in [0.15, 0.2) is 0 Å². The Labute approximate surface area is 94.0 Å². The van der Waals surface area contributed by atoms with E-state index in [1.165, 1.54) is 7.05 Å². The van der Waals surface area contributed by atoms with Crippen molar-refractivity contribution in [1.29, 1.82) is 5.26 Å². The van der Waals surface area contributed by atoms with Gasteiger partial charge in [-0.1, -0.05) is 6.92 Å². The van der Waals surface area contributed by atoms with Crippen LogP contribution < -0.4 is 5.73 Å². The highest BCUT2D eigenvalue weighted by molar-refractivity contribution is 4.89. The Hall–Kier alpha value is -0.800. The Morgan fingerprint density at radius 3 is 2.25 bits per heavy atom. The van der Waals surface area contributed by atoms with Crippen LogP contribution in [-0.4, -0.2) is 36.8 Å². The van der Waals surface area contributed by atoms with Crippen molar-refractivity contribution >= 4 is 0 Å². The molecule has 0 fully saturated rings. The molecule has 0 aliphatic heterocycles. The molecule has 0 radical (unpaired) electrons. The number of nitriles is 1. The summed E-state index contributed by atoms with van der Waals surface area (Å²) in [6.07, 6.45) is -4.12. The van der Waals surface area contributed by atoms with Crippen molar-refractivity contribution < 1.29 is 13.2 Å². The lowest BCUT2D eigenvalue weighted by Gasteiger charge is -2.34. The second-order valence-corrected chi connectivity index (χ2v) is 4.03. The molecule has 0 aromatic carbocycles. The van der Waals surface area contributed by atoms with Gasteiger partial charge in [0, 0.05) is 12.6 Å². The first kappa shape index (κ1) is 15.2. The standard InChI is InChI=1S/C10H18F3N3/c1-4-8(15)9(10(11,12)13)16(3)6-7(2)5-14/h7-9H,4,6,15H2,1-3H3. The summed E-state index contributed by atoms with van der Waals surface area (Å²) in [5.74, 6) is -0.445. The quantitative estimate of drug-likeness (QED) is 0.792. The van der Waals surface area contributed by atoms with E-state index in [2.05, 4.69) is 0 Å². The molecule has 0 saturated carbocycles. The summed E-state index contributed by atoms with van der Waals surface area (Å²) in [5, 5.41) is 8.57. The first-order chi connectivity index (χ1) is 7.23. The number of hydrogen-bond donors (Lipinski definition) is 1. The first-order valence-corrected chi connectivity index (χ1v) is 5.16. The molecule has 0 heterocycles. The van der Waals surface area contributed by atoms with Crippen LogP contribution in [0.2, 0.25) is 0 Å². The molecule has 0 aromatic rings. The SMILES string of the molecule is CCC(N)C(N(C)CC(C)C#N)C(F)(F)F. The summed E-state index contributed by atoms with van der Waals surface area (Å²) in [5.41, 5.74) is 5.48. The molecule has 6 heteroatoms. The number of rotatable bonds is 5. The molecule has 94 valence electrons. The molecule has 0 amide bonds. The van der Waals surface area contributed by atoms with Crippen molar-refractivity contribution in [1.82, 2.24) is 4.90 Å². The molecule has 0 aliphatic rings. The molecule has 0 spiro atoms. The molecule has 3 nitrogen and oxygen atoms in total. The van der Waals surface area contributed by atoms with Gasteiger partial charge in [-0.25, -0.2) is 0 Å². The minimum Gasteiger partial charge on any atom is -0.326 e. The van der Waals surface area contributed by atoms with Crippen molar-refractivity contribution in [2.75, 3.05) is 13.6 Å². The zero-order chi connectivity index (χ0) is 12.9. The van der Waals surface area contributed by atoms with E-state index in [4.69, 9.17) is 11.0 Å². The van der Waals surface area contributed by atoms with Crippen LogP contribution >= 0.6 is 0 Å². The lowest BCUT2D eigenvalue weighted by atomic mass is 10.0. The minimum atomic E-state index is -4.36. The monoisotopic (exact) mass is 237 g/mol. The first-order valence-electron chi connectivity index (χ1n) is 5.16. The van der Waals surface area contributed by atoms with E-state index in [0.29, 0.717) is 0 Å². The summed E-state index contributed by atoms with van der Waals surface area (Å²) in [6, 6.07) is -0.740. The van der Waals surface area contributed by atoms with Crippen molar-refractivity contribution in [2.24, 2.45) is 11.7 Å². The van der Waals surface area contributed by atoms with Crippen molar-refractivity contribution in [3.63, 3.8) is 0 Å². The summed E-state index contributed by atoms with van der Waals surface area (Å²) in [6.45, 7) is 3.26. The number of alkyl halides is 3. The molecule has 0 bridgehead atoms. The van der Waals surface area contributed by atoms with Crippen LogP contribution in [-0.2, 0) is 0 Å². The molecular formula is C10H18F3N3. The predicted octanol–water partition coefficient (Wildman–Crippen LogP) is 1.75. The number of hydrogen-bond acceptors (Lipinski definition) is 3. The Morgan fingerprint density at radius 2 is 1.94 bits per heavy atom. The van der Waals surface area contributed by atoms with E-state index in [-0.39, 0.29) is 13.0 Å². The maximum Gasteiger partial charge on any atom is 0.405 e. The highest BCUT2D eigenvalue weighted by Crippen LogP contribution is 2.27. The third-order valence-electron chi connectivity index (χ3n) is 2.47. The molecule has 0 saturated heterocycles. The lowest BCUT2D eigenvalue weighted by molar-refractivity contribution is -0.186. The maximum absolute atomic E-state index is 12.8. The van der Waals surface area contributed by atoms with Gasteiger partial charge in [0.25, 0.3) is 0 Å². The zero-order valence-electron chi connectivity index (χ0n) is 9.75. The van der Waals surface area contributed by atoms with E-state index in [1.807, 2.05) is 6.07 Å². The summed E-state index contributed by atoms with van der Waals surface area (Å²) in [7, 11) is 1.35. The van der Waals surface area contributed by atoms with E-state index >= 15 is 0 Å². The molecule has 0 rings (SSSR count).